The minimum Gasteiger partial charge on any atom is -0.394 e. The molecule has 4 nitrogen and oxygen atoms in total. The summed E-state index contributed by atoms with van der Waals surface area (Å²) in [6.07, 6.45) is -0.199. The van der Waals surface area contributed by atoms with Gasteiger partial charge in [0.15, 0.2) is 0 Å². The highest BCUT2D eigenvalue weighted by atomic mass is 16.5. The van der Waals surface area contributed by atoms with Gasteiger partial charge in [-0.25, -0.2) is 0 Å². The van der Waals surface area contributed by atoms with Crippen LogP contribution in [0.5, 0.6) is 0 Å². The smallest absolute Gasteiger partial charge is 0.107 e. The maximum atomic E-state index is 9.98. The first-order valence-corrected chi connectivity index (χ1v) is 6.11. The molecule has 96 valence electrons. The Morgan fingerprint density at radius 3 is 2.19 bits per heavy atom. The fraction of sp³-hybridized carbons (Fsp3) is 1.00. The fourth-order valence-corrected chi connectivity index (χ4v) is 2.34. The summed E-state index contributed by atoms with van der Waals surface area (Å²) in [5, 5.41) is 28.7. The van der Waals surface area contributed by atoms with Crippen LogP contribution in [0, 0.1) is 5.41 Å². The largest absolute Gasteiger partial charge is 0.394 e. The summed E-state index contributed by atoms with van der Waals surface area (Å²) in [5.74, 6) is 0. The lowest BCUT2D eigenvalue weighted by molar-refractivity contribution is -0.213. The Hall–Kier alpha value is -0.160. The molecule has 0 bridgehead atoms. The van der Waals surface area contributed by atoms with E-state index in [1.54, 1.807) is 0 Å². The molecule has 1 aliphatic rings. The van der Waals surface area contributed by atoms with Gasteiger partial charge in [-0.05, 0) is 18.3 Å². The highest BCUT2D eigenvalue weighted by Gasteiger charge is 2.44. The van der Waals surface area contributed by atoms with Crippen LogP contribution in [-0.4, -0.2) is 46.3 Å². The van der Waals surface area contributed by atoms with Gasteiger partial charge >= 0.3 is 0 Å². The lowest BCUT2D eigenvalue weighted by Crippen LogP contribution is -2.54. The van der Waals surface area contributed by atoms with E-state index in [9.17, 15) is 10.2 Å². The van der Waals surface area contributed by atoms with E-state index >= 15 is 0 Å². The first-order chi connectivity index (χ1) is 7.48. The van der Waals surface area contributed by atoms with Crippen LogP contribution >= 0.6 is 0 Å². The van der Waals surface area contributed by atoms with Crippen molar-refractivity contribution in [1.82, 2.24) is 0 Å². The number of aliphatic hydroxyl groups excluding tert-OH is 3. The van der Waals surface area contributed by atoms with Gasteiger partial charge in [-0.3, -0.25) is 0 Å². The molecule has 0 aliphatic carbocycles. The van der Waals surface area contributed by atoms with Crippen LogP contribution in [0.1, 0.15) is 40.0 Å². The Balaban J connectivity index is 2.79. The summed E-state index contributed by atoms with van der Waals surface area (Å²) < 4.78 is 5.66. The monoisotopic (exact) mass is 232 g/mol. The number of hydrogen-bond donors (Lipinski definition) is 3. The molecule has 4 heteroatoms. The molecule has 1 fully saturated rings. The van der Waals surface area contributed by atoms with Crippen molar-refractivity contribution in [2.45, 2.75) is 64.4 Å². The molecule has 0 saturated carbocycles. The van der Waals surface area contributed by atoms with Gasteiger partial charge in [-0.2, -0.15) is 0 Å². The second-order valence-corrected chi connectivity index (χ2v) is 5.01. The van der Waals surface area contributed by atoms with Crippen LogP contribution in [0.2, 0.25) is 0 Å². The predicted molar refractivity (Wildman–Crippen MR) is 61.1 cm³/mol. The highest BCUT2D eigenvalue weighted by molar-refractivity contribution is 4.93. The van der Waals surface area contributed by atoms with Gasteiger partial charge in [0.25, 0.3) is 0 Å². The van der Waals surface area contributed by atoms with Crippen LogP contribution in [0.25, 0.3) is 0 Å². The minimum absolute atomic E-state index is 0.104. The maximum Gasteiger partial charge on any atom is 0.107 e. The fourth-order valence-electron chi connectivity index (χ4n) is 2.34. The average molecular weight is 232 g/mol. The standard InChI is InChI=1S/C12H24O4/c1-4-12(3,5-2)11-9(15)6-8(14)10(7-13)16-11/h8-11,13-15H,4-7H2,1-3H3. The van der Waals surface area contributed by atoms with E-state index < -0.39 is 18.3 Å². The van der Waals surface area contributed by atoms with E-state index in [4.69, 9.17) is 9.84 Å². The zero-order chi connectivity index (χ0) is 12.3. The van der Waals surface area contributed by atoms with Gasteiger partial charge in [0.2, 0.25) is 0 Å². The second kappa shape index (κ2) is 5.45. The van der Waals surface area contributed by atoms with Gasteiger partial charge in [0, 0.05) is 6.42 Å². The molecule has 0 spiro atoms. The molecule has 3 N–H and O–H groups in total. The molecule has 0 aromatic carbocycles. The van der Waals surface area contributed by atoms with Crippen LogP contribution < -0.4 is 0 Å². The van der Waals surface area contributed by atoms with E-state index in [-0.39, 0.29) is 24.5 Å². The lowest BCUT2D eigenvalue weighted by atomic mass is 9.74. The Kier molecular flexibility index (Phi) is 4.73. The minimum atomic E-state index is -0.769. The predicted octanol–water partition coefficient (Wildman–Crippen LogP) is 0.684. The van der Waals surface area contributed by atoms with E-state index in [1.807, 2.05) is 0 Å². The third kappa shape index (κ3) is 2.56. The van der Waals surface area contributed by atoms with Crippen molar-refractivity contribution in [3.63, 3.8) is 0 Å². The zero-order valence-corrected chi connectivity index (χ0v) is 10.4. The molecule has 1 heterocycles. The number of rotatable bonds is 4. The van der Waals surface area contributed by atoms with E-state index in [0.717, 1.165) is 12.8 Å². The Labute approximate surface area is 97.2 Å². The van der Waals surface area contributed by atoms with Crippen molar-refractivity contribution >= 4 is 0 Å². The topological polar surface area (TPSA) is 69.9 Å². The summed E-state index contributed by atoms with van der Waals surface area (Å²) in [6.45, 7) is 6.01. The molecule has 0 amide bonds. The number of hydrogen-bond acceptors (Lipinski definition) is 4. The summed E-state index contributed by atoms with van der Waals surface area (Å²) in [4.78, 5) is 0. The molecule has 0 radical (unpaired) electrons. The van der Waals surface area contributed by atoms with Crippen molar-refractivity contribution < 1.29 is 20.1 Å². The normalized spacial score (nSPS) is 36.4. The van der Waals surface area contributed by atoms with Crippen molar-refractivity contribution in [2.75, 3.05) is 6.61 Å². The Morgan fingerprint density at radius 1 is 1.19 bits per heavy atom. The average Bonchev–Trinajstić information content (AvgIpc) is 2.28. The molecule has 1 aliphatic heterocycles. The summed E-state index contributed by atoms with van der Waals surface area (Å²) >= 11 is 0. The number of aliphatic hydroxyl groups is 3. The van der Waals surface area contributed by atoms with Crippen molar-refractivity contribution in [3.05, 3.63) is 0 Å². The van der Waals surface area contributed by atoms with Gasteiger partial charge in [0.05, 0.1) is 24.9 Å². The highest BCUT2D eigenvalue weighted by Crippen LogP contribution is 2.38. The van der Waals surface area contributed by atoms with Gasteiger partial charge in [0.1, 0.15) is 6.10 Å². The van der Waals surface area contributed by atoms with Crippen molar-refractivity contribution in [2.24, 2.45) is 5.41 Å². The molecule has 1 saturated heterocycles. The zero-order valence-electron chi connectivity index (χ0n) is 10.4. The molecule has 4 unspecified atom stereocenters. The SMILES string of the molecule is CCC(C)(CC)C1OC(CO)C(O)CC1O. The third-order valence-electron chi connectivity index (χ3n) is 4.07. The maximum absolute atomic E-state index is 9.98. The molecular formula is C12H24O4. The van der Waals surface area contributed by atoms with Gasteiger partial charge in [-0.15, -0.1) is 0 Å². The summed E-state index contributed by atoms with van der Waals surface area (Å²) in [5.41, 5.74) is -0.104. The quantitative estimate of drug-likeness (QED) is 0.667. The molecular weight excluding hydrogens is 208 g/mol. The Morgan fingerprint density at radius 2 is 1.75 bits per heavy atom. The first-order valence-electron chi connectivity index (χ1n) is 6.11. The van der Waals surface area contributed by atoms with Crippen LogP contribution in [0.15, 0.2) is 0 Å². The lowest BCUT2D eigenvalue weighted by Gasteiger charge is -2.45. The summed E-state index contributed by atoms with van der Waals surface area (Å²) in [6, 6.07) is 0. The Bertz CT molecular complexity index is 215. The van der Waals surface area contributed by atoms with Crippen LogP contribution in [0.4, 0.5) is 0 Å². The first kappa shape index (κ1) is 13.9. The van der Waals surface area contributed by atoms with E-state index in [0.29, 0.717) is 0 Å². The van der Waals surface area contributed by atoms with Gasteiger partial charge in [-0.1, -0.05) is 20.8 Å². The van der Waals surface area contributed by atoms with Crippen molar-refractivity contribution in [3.8, 4) is 0 Å². The molecule has 16 heavy (non-hydrogen) atoms. The van der Waals surface area contributed by atoms with Crippen LogP contribution in [0.3, 0.4) is 0 Å². The molecule has 0 aromatic rings. The van der Waals surface area contributed by atoms with E-state index in [1.165, 1.54) is 0 Å². The molecule has 1 rings (SSSR count). The number of ether oxygens (including phenoxy) is 1. The van der Waals surface area contributed by atoms with Gasteiger partial charge < -0.3 is 20.1 Å². The molecule has 0 aromatic heterocycles. The second-order valence-electron chi connectivity index (χ2n) is 5.01. The molecule has 4 atom stereocenters. The van der Waals surface area contributed by atoms with E-state index in [2.05, 4.69) is 20.8 Å². The van der Waals surface area contributed by atoms with Crippen LogP contribution in [-0.2, 0) is 4.74 Å². The van der Waals surface area contributed by atoms with Crippen molar-refractivity contribution in [1.29, 1.82) is 0 Å². The third-order valence-corrected chi connectivity index (χ3v) is 4.07. The summed E-state index contributed by atoms with van der Waals surface area (Å²) in [7, 11) is 0.